The summed E-state index contributed by atoms with van der Waals surface area (Å²) in [6.07, 6.45) is 7.90. The minimum absolute atomic E-state index is 0.272. The quantitative estimate of drug-likeness (QED) is 0.886. The number of nitrogens with zero attached hydrogens (tertiary/aromatic N) is 4. The molecule has 0 spiro atoms. The average molecular weight is 278 g/mol. The molecule has 3 atom stereocenters. The molecule has 5 heteroatoms. The molecule has 2 bridgehead atoms. The van der Waals surface area contributed by atoms with Gasteiger partial charge >= 0.3 is 0 Å². The molecule has 0 saturated carbocycles. The van der Waals surface area contributed by atoms with Crippen LogP contribution in [0.15, 0.2) is 6.33 Å². The van der Waals surface area contributed by atoms with E-state index in [4.69, 9.17) is 0 Å². The van der Waals surface area contributed by atoms with Gasteiger partial charge in [-0.2, -0.15) is 5.10 Å². The van der Waals surface area contributed by atoms with E-state index in [1.165, 1.54) is 12.8 Å². The second kappa shape index (κ2) is 5.82. The van der Waals surface area contributed by atoms with Crippen LogP contribution >= 0.6 is 0 Å². The Morgan fingerprint density at radius 1 is 1.35 bits per heavy atom. The van der Waals surface area contributed by atoms with E-state index in [-0.39, 0.29) is 6.10 Å². The minimum Gasteiger partial charge on any atom is -0.392 e. The molecule has 0 amide bonds. The third-order valence-electron chi connectivity index (χ3n) is 5.20. The maximum Gasteiger partial charge on any atom is 0.138 e. The molecule has 112 valence electrons. The van der Waals surface area contributed by atoms with E-state index in [9.17, 15) is 5.11 Å². The van der Waals surface area contributed by atoms with Gasteiger partial charge in [0.15, 0.2) is 0 Å². The van der Waals surface area contributed by atoms with Gasteiger partial charge in [0.1, 0.15) is 12.2 Å². The first-order valence-corrected chi connectivity index (χ1v) is 7.95. The normalized spacial score (nSPS) is 31.6. The SMILES string of the molecule is CCCn1ncnc1CC(O)C1CC2CCC(C1)N2C. The van der Waals surface area contributed by atoms with E-state index in [0.29, 0.717) is 24.4 Å². The van der Waals surface area contributed by atoms with Gasteiger partial charge in [0.05, 0.1) is 6.10 Å². The summed E-state index contributed by atoms with van der Waals surface area (Å²) in [7, 11) is 2.24. The lowest BCUT2D eigenvalue weighted by Crippen LogP contribution is -2.43. The minimum atomic E-state index is -0.272. The van der Waals surface area contributed by atoms with Gasteiger partial charge in [0.25, 0.3) is 0 Å². The van der Waals surface area contributed by atoms with Crippen LogP contribution in [-0.2, 0) is 13.0 Å². The number of hydrogen-bond donors (Lipinski definition) is 1. The smallest absolute Gasteiger partial charge is 0.138 e. The average Bonchev–Trinajstić information content (AvgIpc) is 2.91. The van der Waals surface area contributed by atoms with Crippen LogP contribution < -0.4 is 0 Å². The van der Waals surface area contributed by atoms with E-state index in [1.807, 2.05) is 4.68 Å². The highest BCUT2D eigenvalue weighted by atomic mass is 16.3. The molecule has 2 aliphatic heterocycles. The highest BCUT2D eigenvalue weighted by Gasteiger charge is 2.40. The van der Waals surface area contributed by atoms with Crippen LogP contribution in [0, 0.1) is 5.92 Å². The first-order valence-electron chi connectivity index (χ1n) is 7.95. The number of aryl methyl sites for hydroxylation is 1. The third kappa shape index (κ3) is 2.61. The molecule has 20 heavy (non-hydrogen) atoms. The lowest BCUT2D eigenvalue weighted by Gasteiger charge is -2.38. The number of aromatic nitrogens is 3. The topological polar surface area (TPSA) is 54.2 Å². The van der Waals surface area contributed by atoms with Crippen molar-refractivity contribution in [3.05, 3.63) is 12.2 Å². The summed E-state index contributed by atoms with van der Waals surface area (Å²) in [5, 5.41) is 14.8. The first kappa shape index (κ1) is 14.0. The number of piperidine rings is 1. The molecular formula is C15H26N4O. The molecule has 1 N–H and O–H groups in total. The molecule has 0 radical (unpaired) electrons. The summed E-state index contributed by atoms with van der Waals surface area (Å²) in [5.74, 6) is 1.36. The molecule has 3 rings (SSSR count). The van der Waals surface area contributed by atoms with Crippen LogP contribution in [0.1, 0.15) is 44.9 Å². The fourth-order valence-corrected chi connectivity index (χ4v) is 3.97. The number of aliphatic hydroxyl groups is 1. The first-order chi connectivity index (χ1) is 9.69. The maximum atomic E-state index is 10.6. The predicted molar refractivity (Wildman–Crippen MR) is 77.3 cm³/mol. The Kier molecular flexibility index (Phi) is 4.08. The Labute approximate surface area is 121 Å². The number of fused-ring (bicyclic) bond motifs is 2. The molecule has 3 heterocycles. The molecule has 0 aromatic carbocycles. The summed E-state index contributed by atoms with van der Waals surface area (Å²) in [4.78, 5) is 6.84. The van der Waals surface area contributed by atoms with Crippen molar-refractivity contribution >= 4 is 0 Å². The third-order valence-corrected chi connectivity index (χ3v) is 5.20. The monoisotopic (exact) mass is 278 g/mol. The van der Waals surface area contributed by atoms with Gasteiger partial charge in [-0.3, -0.25) is 4.68 Å². The highest BCUT2D eigenvalue weighted by Crippen LogP contribution is 2.39. The van der Waals surface area contributed by atoms with Gasteiger partial charge < -0.3 is 10.0 Å². The summed E-state index contributed by atoms with van der Waals surface area (Å²) in [5.41, 5.74) is 0. The van der Waals surface area contributed by atoms with E-state index in [2.05, 4.69) is 29.0 Å². The van der Waals surface area contributed by atoms with Crippen molar-refractivity contribution in [1.29, 1.82) is 0 Å². The highest BCUT2D eigenvalue weighted by molar-refractivity contribution is 4.97. The lowest BCUT2D eigenvalue weighted by atomic mass is 9.85. The van der Waals surface area contributed by atoms with E-state index < -0.39 is 0 Å². The molecular weight excluding hydrogens is 252 g/mol. The van der Waals surface area contributed by atoms with Gasteiger partial charge in [-0.1, -0.05) is 6.92 Å². The van der Waals surface area contributed by atoms with Crippen molar-refractivity contribution in [1.82, 2.24) is 19.7 Å². The van der Waals surface area contributed by atoms with Gasteiger partial charge in [0.2, 0.25) is 0 Å². The van der Waals surface area contributed by atoms with Crippen LogP contribution in [0.2, 0.25) is 0 Å². The lowest BCUT2D eigenvalue weighted by molar-refractivity contribution is 0.0351. The van der Waals surface area contributed by atoms with Gasteiger partial charge in [0, 0.05) is 25.0 Å². The predicted octanol–water partition coefficient (Wildman–Crippen LogP) is 1.46. The van der Waals surface area contributed by atoms with Crippen molar-refractivity contribution in [3.63, 3.8) is 0 Å². The molecule has 1 aromatic rings. The summed E-state index contributed by atoms with van der Waals surface area (Å²) >= 11 is 0. The zero-order valence-corrected chi connectivity index (χ0v) is 12.6. The second-order valence-corrected chi connectivity index (χ2v) is 6.45. The van der Waals surface area contributed by atoms with E-state index in [0.717, 1.165) is 31.6 Å². The van der Waals surface area contributed by atoms with Crippen molar-refractivity contribution in [2.45, 2.75) is 70.2 Å². The van der Waals surface area contributed by atoms with E-state index in [1.54, 1.807) is 6.33 Å². The summed E-state index contributed by atoms with van der Waals surface area (Å²) < 4.78 is 1.94. The molecule has 2 fully saturated rings. The largest absolute Gasteiger partial charge is 0.392 e. The second-order valence-electron chi connectivity index (χ2n) is 6.45. The summed E-state index contributed by atoms with van der Waals surface area (Å²) in [6.45, 7) is 3.03. The van der Waals surface area contributed by atoms with Crippen molar-refractivity contribution < 1.29 is 5.11 Å². The van der Waals surface area contributed by atoms with Crippen LogP contribution in [0.4, 0.5) is 0 Å². The Morgan fingerprint density at radius 2 is 2.05 bits per heavy atom. The molecule has 2 saturated heterocycles. The van der Waals surface area contributed by atoms with Crippen LogP contribution in [0.5, 0.6) is 0 Å². The Morgan fingerprint density at radius 3 is 2.70 bits per heavy atom. The van der Waals surface area contributed by atoms with E-state index >= 15 is 0 Å². The number of hydrogen-bond acceptors (Lipinski definition) is 4. The molecule has 1 aromatic heterocycles. The Bertz CT molecular complexity index is 433. The molecule has 3 unspecified atom stereocenters. The Hall–Kier alpha value is -0.940. The van der Waals surface area contributed by atoms with Crippen LogP contribution in [0.3, 0.4) is 0 Å². The molecule has 5 nitrogen and oxygen atoms in total. The van der Waals surface area contributed by atoms with Gasteiger partial charge in [-0.25, -0.2) is 4.98 Å². The van der Waals surface area contributed by atoms with Crippen LogP contribution in [0.25, 0.3) is 0 Å². The number of aliphatic hydroxyl groups excluding tert-OH is 1. The zero-order chi connectivity index (χ0) is 14.1. The van der Waals surface area contributed by atoms with Crippen molar-refractivity contribution in [2.24, 2.45) is 5.92 Å². The fourth-order valence-electron chi connectivity index (χ4n) is 3.97. The van der Waals surface area contributed by atoms with Crippen LogP contribution in [-0.4, -0.2) is 50.0 Å². The molecule has 2 aliphatic rings. The van der Waals surface area contributed by atoms with Crippen molar-refractivity contribution in [2.75, 3.05) is 7.05 Å². The molecule has 0 aliphatic carbocycles. The fraction of sp³-hybridized carbons (Fsp3) is 0.867. The van der Waals surface area contributed by atoms with Gasteiger partial charge in [-0.15, -0.1) is 0 Å². The Balaban J connectivity index is 1.62. The number of rotatable bonds is 5. The van der Waals surface area contributed by atoms with Crippen molar-refractivity contribution in [3.8, 4) is 0 Å². The van der Waals surface area contributed by atoms with Gasteiger partial charge in [-0.05, 0) is 45.1 Å². The standard InChI is InChI=1S/C15H26N4O/c1-3-6-19-15(16-10-17-19)9-14(20)11-7-12-4-5-13(8-11)18(12)2/h10-14,20H,3-9H2,1-2H3. The zero-order valence-electron chi connectivity index (χ0n) is 12.6. The maximum absolute atomic E-state index is 10.6. The summed E-state index contributed by atoms with van der Waals surface area (Å²) in [6, 6.07) is 1.36.